The quantitative estimate of drug-likeness (QED) is 0.475. The van der Waals surface area contributed by atoms with Gasteiger partial charge in [-0.3, -0.25) is 4.79 Å². The highest BCUT2D eigenvalue weighted by Gasteiger charge is 2.15. The minimum atomic E-state index is 0. The lowest BCUT2D eigenvalue weighted by Gasteiger charge is -2.04. The van der Waals surface area contributed by atoms with Gasteiger partial charge in [0.1, 0.15) is 5.75 Å². The van der Waals surface area contributed by atoms with Gasteiger partial charge in [-0.1, -0.05) is 31.2 Å². The Morgan fingerprint density at radius 1 is 1.08 bits per heavy atom. The number of nitrogens with zero attached hydrogens (tertiary/aromatic N) is 1. The maximum absolute atomic E-state index is 12.5. The molecule has 2 aromatic carbocycles. The number of hydrogen-bond donors (Lipinski definition) is 0. The number of halogens is 1. The van der Waals surface area contributed by atoms with Crippen LogP contribution in [0.5, 0.6) is 5.75 Å². The Balaban J connectivity index is 0.00000208. The summed E-state index contributed by atoms with van der Waals surface area (Å²) in [4.78, 5) is 12.5. The van der Waals surface area contributed by atoms with Gasteiger partial charge in [0.05, 0.1) is 12.5 Å². The van der Waals surface area contributed by atoms with Crippen molar-refractivity contribution < 1.29 is 31.1 Å². The van der Waals surface area contributed by atoms with Crippen molar-refractivity contribution in [3.63, 3.8) is 0 Å². The first-order valence-corrected chi connectivity index (χ1v) is 7.79. The molecule has 3 rings (SSSR count). The summed E-state index contributed by atoms with van der Waals surface area (Å²) in [6.07, 6.45) is 2.92. The van der Waals surface area contributed by atoms with Gasteiger partial charge in [-0.2, -0.15) is 4.57 Å². The van der Waals surface area contributed by atoms with E-state index in [4.69, 9.17) is 4.74 Å². The standard InChI is InChI=1S/C20H20NO2.BrH/c1-3-15-6-8-16(9-7-15)20(22)14-21-12-4-5-17-13-18(23-2)10-11-19(17)21;/h4-13H,3,14H2,1-2H3;1H/q+1;/p-1. The highest BCUT2D eigenvalue weighted by atomic mass is 79.9. The molecule has 0 saturated heterocycles. The molecular formula is C20H20BrNO2. The number of rotatable bonds is 5. The molecule has 0 aliphatic heterocycles. The van der Waals surface area contributed by atoms with Crippen LogP contribution in [0.25, 0.3) is 10.9 Å². The van der Waals surface area contributed by atoms with E-state index in [9.17, 15) is 4.79 Å². The number of fused-ring (bicyclic) bond motifs is 1. The lowest BCUT2D eigenvalue weighted by Crippen LogP contribution is -3.00. The van der Waals surface area contributed by atoms with Crippen molar-refractivity contribution in [2.45, 2.75) is 19.9 Å². The molecule has 0 aliphatic carbocycles. The zero-order valence-electron chi connectivity index (χ0n) is 13.8. The highest BCUT2D eigenvalue weighted by Crippen LogP contribution is 2.18. The maximum atomic E-state index is 12.5. The second kappa shape index (κ2) is 8.06. The molecule has 0 radical (unpaired) electrons. The lowest BCUT2D eigenvalue weighted by molar-refractivity contribution is -0.657. The van der Waals surface area contributed by atoms with Crippen molar-refractivity contribution in [1.29, 1.82) is 0 Å². The molecule has 24 heavy (non-hydrogen) atoms. The van der Waals surface area contributed by atoms with Crippen LogP contribution in [0.4, 0.5) is 0 Å². The van der Waals surface area contributed by atoms with Gasteiger partial charge >= 0.3 is 0 Å². The first kappa shape index (κ1) is 18.1. The van der Waals surface area contributed by atoms with Crippen LogP contribution in [0.3, 0.4) is 0 Å². The first-order chi connectivity index (χ1) is 11.2. The van der Waals surface area contributed by atoms with Crippen molar-refractivity contribution in [1.82, 2.24) is 0 Å². The van der Waals surface area contributed by atoms with Crippen LogP contribution in [0.2, 0.25) is 0 Å². The molecule has 1 aromatic heterocycles. The SMILES string of the molecule is CCc1ccc(C(=O)C[n+]2cccc3cc(OC)ccc32)cc1.[Br-]. The predicted octanol–water partition coefficient (Wildman–Crippen LogP) is 0.585. The van der Waals surface area contributed by atoms with E-state index in [2.05, 4.69) is 6.92 Å². The Kier molecular flexibility index (Phi) is 6.10. The van der Waals surface area contributed by atoms with E-state index < -0.39 is 0 Å². The second-order valence-corrected chi connectivity index (χ2v) is 5.53. The van der Waals surface area contributed by atoms with Gasteiger partial charge in [-0.05, 0) is 30.2 Å². The van der Waals surface area contributed by atoms with Gasteiger partial charge in [0, 0.05) is 17.7 Å². The number of Topliss-reactive ketones (excluding diaryl/α,β-unsaturated/α-hetero) is 1. The van der Waals surface area contributed by atoms with Gasteiger partial charge in [-0.15, -0.1) is 0 Å². The van der Waals surface area contributed by atoms with Gasteiger partial charge in [0.25, 0.3) is 0 Å². The van der Waals surface area contributed by atoms with E-state index >= 15 is 0 Å². The molecule has 0 amide bonds. The van der Waals surface area contributed by atoms with Gasteiger partial charge in [-0.25, -0.2) is 0 Å². The smallest absolute Gasteiger partial charge is 0.227 e. The second-order valence-electron chi connectivity index (χ2n) is 5.53. The topological polar surface area (TPSA) is 30.2 Å². The van der Waals surface area contributed by atoms with E-state index in [1.165, 1.54) is 5.56 Å². The van der Waals surface area contributed by atoms with E-state index in [0.717, 1.165) is 28.6 Å². The first-order valence-electron chi connectivity index (χ1n) is 7.79. The summed E-state index contributed by atoms with van der Waals surface area (Å²) in [5.41, 5.74) is 3.01. The molecule has 0 atom stereocenters. The number of pyridine rings is 1. The fraction of sp³-hybridized carbons (Fsp3) is 0.200. The van der Waals surface area contributed by atoms with Crippen molar-refractivity contribution in [3.05, 3.63) is 71.9 Å². The van der Waals surface area contributed by atoms with Crippen LogP contribution in [0.1, 0.15) is 22.8 Å². The van der Waals surface area contributed by atoms with Crippen molar-refractivity contribution in [3.8, 4) is 5.75 Å². The number of ether oxygens (including phenoxy) is 1. The van der Waals surface area contributed by atoms with Crippen LogP contribution in [0.15, 0.2) is 60.8 Å². The number of aromatic nitrogens is 1. The number of hydrogen-bond acceptors (Lipinski definition) is 2. The lowest BCUT2D eigenvalue weighted by atomic mass is 10.1. The van der Waals surface area contributed by atoms with Crippen molar-refractivity contribution >= 4 is 16.7 Å². The van der Waals surface area contributed by atoms with Gasteiger partial charge < -0.3 is 21.7 Å². The third-order valence-corrected chi connectivity index (χ3v) is 4.08. The third kappa shape index (κ3) is 3.82. The maximum Gasteiger partial charge on any atom is 0.227 e. The molecule has 3 aromatic rings. The molecular weight excluding hydrogens is 366 g/mol. The van der Waals surface area contributed by atoms with E-state index in [0.29, 0.717) is 6.54 Å². The number of ketones is 1. The summed E-state index contributed by atoms with van der Waals surface area (Å²) in [5.74, 6) is 0.928. The molecule has 0 fully saturated rings. The van der Waals surface area contributed by atoms with Crippen molar-refractivity contribution in [2.24, 2.45) is 0 Å². The zero-order chi connectivity index (χ0) is 16.2. The Hall–Kier alpha value is -2.20. The summed E-state index contributed by atoms with van der Waals surface area (Å²) >= 11 is 0. The molecule has 0 saturated carbocycles. The van der Waals surface area contributed by atoms with Crippen LogP contribution < -0.4 is 26.3 Å². The van der Waals surface area contributed by atoms with E-state index in [-0.39, 0.29) is 22.8 Å². The average molecular weight is 386 g/mol. The van der Waals surface area contributed by atoms with E-state index in [1.807, 2.05) is 65.4 Å². The molecule has 0 bridgehead atoms. The molecule has 0 spiro atoms. The van der Waals surface area contributed by atoms with Crippen LogP contribution in [0, 0.1) is 0 Å². The average Bonchev–Trinajstić information content (AvgIpc) is 2.61. The Morgan fingerprint density at radius 2 is 1.83 bits per heavy atom. The summed E-state index contributed by atoms with van der Waals surface area (Å²) in [6.45, 7) is 2.44. The summed E-state index contributed by atoms with van der Waals surface area (Å²) in [5, 5.41) is 1.06. The molecule has 0 N–H and O–H groups in total. The summed E-state index contributed by atoms with van der Waals surface area (Å²) in [6, 6.07) is 17.7. The van der Waals surface area contributed by atoms with Crippen LogP contribution in [-0.2, 0) is 13.0 Å². The van der Waals surface area contributed by atoms with Crippen LogP contribution in [-0.4, -0.2) is 12.9 Å². The number of carbonyl (C=O) groups is 1. The van der Waals surface area contributed by atoms with Crippen LogP contribution >= 0.6 is 0 Å². The molecule has 1 heterocycles. The third-order valence-electron chi connectivity index (χ3n) is 4.08. The predicted molar refractivity (Wildman–Crippen MR) is 90.8 cm³/mol. The minimum Gasteiger partial charge on any atom is -1.00 e. The molecule has 124 valence electrons. The molecule has 3 nitrogen and oxygen atoms in total. The zero-order valence-corrected chi connectivity index (χ0v) is 15.4. The largest absolute Gasteiger partial charge is 1.00 e. The molecule has 0 aliphatic rings. The van der Waals surface area contributed by atoms with Gasteiger partial charge in [0.15, 0.2) is 6.20 Å². The monoisotopic (exact) mass is 385 g/mol. The summed E-state index contributed by atoms with van der Waals surface area (Å²) in [7, 11) is 1.65. The Bertz CT molecular complexity index is 844. The molecule has 0 unspecified atom stereocenters. The van der Waals surface area contributed by atoms with E-state index in [1.54, 1.807) is 7.11 Å². The fourth-order valence-electron chi connectivity index (χ4n) is 2.70. The number of carbonyl (C=O) groups excluding carboxylic acids is 1. The number of aryl methyl sites for hydroxylation is 1. The van der Waals surface area contributed by atoms with Gasteiger partial charge in [0.2, 0.25) is 17.8 Å². The Labute approximate surface area is 152 Å². The minimum absolute atomic E-state index is 0. The normalized spacial score (nSPS) is 10.2. The Morgan fingerprint density at radius 3 is 2.50 bits per heavy atom. The number of methoxy groups -OCH3 is 1. The highest BCUT2D eigenvalue weighted by molar-refractivity contribution is 5.95. The molecule has 4 heteroatoms. The fourth-order valence-corrected chi connectivity index (χ4v) is 2.70. The van der Waals surface area contributed by atoms with Crippen molar-refractivity contribution in [2.75, 3.05) is 7.11 Å². The summed E-state index contributed by atoms with van der Waals surface area (Å²) < 4.78 is 7.24. The number of benzene rings is 2.